The Labute approximate surface area is 103 Å². The molecule has 0 aromatic rings. The lowest BCUT2D eigenvalue weighted by atomic mass is 9.69. The molecule has 1 N–H and O–H groups in total. The largest absolute Gasteiger partial charge is 0.381 e. The fraction of sp³-hybridized carbons (Fsp3) is 0.929. The molecule has 2 heterocycles. The Balaban J connectivity index is 1.61. The molecule has 1 saturated carbocycles. The van der Waals surface area contributed by atoms with Crippen molar-refractivity contribution in [2.75, 3.05) is 26.3 Å². The Morgan fingerprint density at radius 3 is 2.24 bits per heavy atom. The van der Waals surface area contributed by atoms with E-state index in [1.54, 1.807) is 0 Å². The van der Waals surface area contributed by atoms with E-state index in [1.807, 2.05) is 0 Å². The number of rotatable bonds is 2. The van der Waals surface area contributed by atoms with Gasteiger partial charge in [0.15, 0.2) is 0 Å². The van der Waals surface area contributed by atoms with Gasteiger partial charge in [0.25, 0.3) is 0 Å². The van der Waals surface area contributed by atoms with Crippen LogP contribution in [0.25, 0.3) is 0 Å². The van der Waals surface area contributed by atoms with E-state index in [4.69, 9.17) is 4.74 Å². The van der Waals surface area contributed by atoms with Crippen LogP contribution < -0.4 is 5.32 Å². The van der Waals surface area contributed by atoms with Gasteiger partial charge in [0.1, 0.15) is 5.78 Å². The first kappa shape index (κ1) is 11.7. The van der Waals surface area contributed by atoms with Crippen LogP contribution in [-0.2, 0) is 9.53 Å². The number of carbonyl (C=O) groups excluding carboxylic acids is 1. The van der Waals surface area contributed by atoms with Gasteiger partial charge in [0.2, 0.25) is 0 Å². The monoisotopic (exact) mass is 237 g/mol. The average molecular weight is 237 g/mol. The van der Waals surface area contributed by atoms with E-state index in [0.717, 1.165) is 63.8 Å². The third-order valence-corrected chi connectivity index (χ3v) is 4.79. The smallest absolute Gasteiger partial charge is 0.139 e. The maximum Gasteiger partial charge on any atom is 0.139 e. The maximum atomic E-state index is 12.5. The standard InChI is InChI=1S/C14H23NO2/c16-14(12-1-3-17-4-2-12)13-6-10-5-11(7-13)9-15-8-10/h10-13,15H,1-9H2. The molecule has 2 saturated heterocycles. The van der Waals surface area contributed by atoms with Crippen molar-refractivity contribution in [3.8, 4) is 0 Å². The van der Waals surface area contributed by atoms with Crippen molar-refractivity contribution in [1.82, 2.24) is 5.32 Å². The Morgan fingerprint density at radius 1 is 0.941 bits per heavy atom. The summed E-state index contributed by atoms with van der Waals surface area (Å²) in [5.74, 6) is 2.75. The van der Waals surface area contributed by atoms with Crippen LogP contribution >= 0.6 is 0 Å². The van der Waals surface area contributed by atoms with E-state index in [-0.39, 0.29) is 0 Å². The van der Waals surface area contributed by atoms with Gasteiger partial charge in [-0.3, -0.25) is 4.79 Å². The highest BCUT2D eigenvalue weighted by Crippen LogP contribution is 2.37. The second kappa shape index (κ2) is 5.07. The summed E-state index contributed by atoms with van der Waals surface area (Å²) in [6, 6.07) is 0. The highest BCUT2D eigenvalue weighted by Gasteiger charge is 2.37. The number of carbonyl (C=O) groups is 1. The van der Waals surface area contributed by atoms with E-state index in [1.165, 1.54) is 6.42 Å². The van der Waals surface area contributed by atoms with Gasteiger partial charge in [-0.1, -0.05) is 0 Å². The number of fused-ring (bicyclic) bond motifs is 2. The van der Waals surface area contributed by atoms with Crippen LogP contribution in [0.3, 0.4) is 0 Å². The SMILES string of the molecule is O=C(C1CCOCC1)C1CC2CNCC(C2)C1. The molecule has 0 radical (unpaired) electrons. The van der Waals surface area contributed by atoms with Crippen molar-refractivity contribution in [1.29, 1.82) is 0 Å². The molecule has 0 aromatic carbocycles. The van der Waals surface area contributed by atoms with Crippen LogP contribution in [0.5, 0.6) is 0 Å². The molecule has 3 heteroatoms. The van der Waals surface area contributed by atoms with Gasteiger partial charge in [-0.25, -0.2) is 0 Å². The van der Waals surface area contributed by atoms with Gasteiger partial charge in [0.05, 0.1) is 0 Å². The summed E-state index contributed by atoms with van der Waals surface area (Å²) in [7, 11) is 0. The molecule has 3 aliphatic rings. The lowest BCUT2D eigenvalue weighted by Crippen LogP contribution is -2.44. The van der Waals surface area contributed by atoms with Gasteiger partial charge in [-0.15, -0.1) is 0 Å². The molecular weight excluding hydrogens is 214 g/mol. The summed E-state index contributed by atoms with van der Waals surface area (Å²) in [6.45, 7) is 3.84. The Kier molecular flexibility index (Phi) is 3.48. The highest BCUT2D eigenvalue weighted by molar-refractivity contribution is 5.83. The van der Waals surface area contributed by atoms with Crippen LogP contribution in [0.15, 0.2) is 0 Å². The number of hydrogen-bond donors (Lipinski definition) is 1. The maximum absolute atomic E-state index is 12.5. The molecule has 2 bridgehead atoms. The van der Waals surface area contributed by atoms with Gasteiger partial charge in [-0.05, 0) is 57.0 Å². The number of Topliss-reactive ketones (excluding diaryl/α,β-unsaturated/α-hetero) is 1. The minimum absolute atomic E-state index is 0.306. The van der Waals surface area contributed by atoms with Gasteiger partial charge in [0, 0.05) is 25.0 Å². The van der Waals surface area contributed by atoms with E-state index in [9.17, 15) is 4.79 Å². The normalized spacial score (nSPS) is 38.9. The lowest BCUT2D eigenvalue weighted by molar-refractivity contribution is -0.132. The Bertz CT molecular complexity index is 274. The summed E-state index contributed by atoms with van der Waals surface area (Å²) >= 11 is 0. The zero-order valence-electron chi connectivity index (χ0n) is 10.5. The zero-order chi connectivity index (χ0) is 11.7. The molecular formula is C14H23NO2. The molecule has 2 aliphatic heterocycles. The summed E-state index contributed by atoms with van der Waals surface area (Å²) in [5.41, 5.74) is 0. The van der Waals surface area contributed by atoms with Crippen molar-refractivity contribution < 1.29 is 9.53 Å². The van der Waals surface area contributed by atoms with Crippen LogP contribution in [0.4, 0.5) is 0 Å². The molecule has 96 valence electrons. The van der Waals surface area contributed by atoms with Crippen LogP contribution in [0.2, 0.25) is 0 Å². The van der Waals surface area contributed by atoms with Crippen molar-refractivity contribution in [2.45, 2.75) is 32.1 Å². The minimum atomic E-state index is 0.306. The zero-order valence-corrected chi connectivity index (χ0v) is 10.5. The van der Waals surface area contributed by atoms with E-state index in [0.29, 0.717) is 17.6 Å². The summed E-state index contributed by atoms with van der Waals surface area (Å²) in [5, 5.41) is 3.49. The molecule has 0 aromatic heterocycles. The molecule has 17 heavy (non-hydrogen) atoms. The van der Waals surface area contributed by atoms with Gasteiger partial charge in [-0.2, -0.15) is 0 Å². The van der Waals surface area contributed by atoms with Crippen molar-refractivity contribution in [3.63, 3.8) is 0 Å². The number of nitrogens with one attached hydrogen (secondary N) is 1. The van der Waals surface area contributed by atoms with Crippen molar-refractivity contribution in [3.05, 3.63) is 0 Å². The number of hydrogen-bond acceptors (Lipinski definition) is 3. The summed E-state index contributed by atoms with van der Waals surface area (Å²) in [4.78, 5) is 12.5. The number of ketones is 1. The molecule has 2 unspecified atom stereocenters. The first-order chi connectivity index (χ1) is 8.33. The first-order valence-electron chi connectivity index (χ1n) is 7.15. The number of piperidine rings is 1. The van der Waals surface area contributed by atoms with Crippen LogP contribution in [0.1, 0.15) is 32.1 Å². The fourth-order valence-corrected chi connectivity index (χ4v) is 3.94. The minimum Gasteiger partial charge on any atom is -0.381 e. The predicted molar refractivity (Wildman–Crippen MR) is 65.7 cm³/mol. The topological polar surface area (TPSA) is 38.3 Å². The van der Waals surface area contributed by atoms with Crippen LogP contribution in [0, 0.1) is 23.7 Å². The van der Waals surface area contributed by atoms with E-state index in [2.05, 4.69) is 5.32 Å². The van der Waals surface area contributed by atoms with Gasteiger partial charge >= 0.3 is 0 Å². The molecule has 0 spiro atoms. The first-order valence-corrected chi connectivity index (χ1v) is 7.15. The summed E-state index contributed by atoms with van der Waals surface area (Å²) < 4.78 is 5.35. The molecule has 3 nitrogen and oxygen atoms in total. The van der Waals surface area contributed by atoms with Crippen molar-refractivity contribution in [2.24, 2.45) is 23.7 Å². The molecule has 0 amide bonds. The lowest BCUT2D eigenvalue weighted by Gasteiger charge is -2.40. The highest BCUT2D eigenvalue weighted by atomic mass is 16.5. The Hall–Kier alpha value is -0.410. The molecule has 1 aliphatic carbocycles. The second-order valence-electron chi connectivity index (χ2n) is 6.08. The summed E-state index contributed by atoms with van der Waals surface area (Å²) in [6.07, 6.45) is 5.55. The average Bonchev–Trinajstić information content (AvgIpc) is 2.38. The van der Waals surface area contributed by atoms with E-state index < -0.39 is 0 Å². The molecule has 3 fully saturated rings. The molecule has 2 atom stereocenters. The van der Waals surface area contributed by atoms with E-state index >= 15 is 0 Å². The molecule has 3 rings (SSSR count). The quantitative estimate of drug-likeness (QED) is 0.793. The number of ether oxygens (including phenoxy) is 1. The van der Waals surface area contributed by atoms with Crippen molar-refractivity contribution >= 4 is 5.78 Å². The third kappa shape index (κ3) is 2.55. The van der Waals surface area contributed by atoms with Crippen LogP contribution in [-0.4, -0.2) is 32.1 Å². The van der Waals surface area contributed by atoms with Gasteiger partial charge < -0.3 is 10.1 Å². The second-order valence-corrected chi connectivity index (χ2v) is 6.08. The fourth-order valence-electron chi connectivity index (χ4n) is 3.94. The third-order valence-electron chi connectivity index (χ3n) is 4.79. The Morgan fingerprint density at radius 2 is 1.59 bits per heavy atom. The predicted octanol–water partition coefficient (Wildman–Crippen LogP) is 1.62.